The Balaban J connectivity index is 1.43. The van der Waals surface area contributed by atoms with Gasteiger partial charge in [-0.2, -0.15) is 0 Å². The van der Waals surface area contributed by atoms with Crippen LogP contribution in [0.5, 0.6) is 5.75 Å². The van der Waals surface area contributed by atoms with Gasteiger partial charge in [-0.1, -0.05) is 87.1 Å². The van der Waals surface area contributed by atoms with Crippen molar-refractivity contribution in [3.8, 4) is 28.7 Å². The first-order valence-corrected chi connectivity index (χ1v) is 12.1. The largest absolute Gasteiger partial charge is 0.494 e. The third kappa shape index (κ3) is 6.27. The molecular formula is C32H32O. The molecule has 0 unspecified atom stereocenters. The molecule has 0 aromatic heterocycles. The molecule has 0 N–H and O–H groups in total. The number of hydrogen-bond donors (Lipinski definition) is 0. The molecule has 0 saturated carbocycles. The highest BCUT2D eigenvalue weighted by Crippen LogP contribution is 2.23. The van der Waals surface area contributed by atoms with Crippen molar-refractivity contribution in [3.63, 3.8) is 0 Å². The van der Waals surface area contributed by atoms with E-state index in [9.17, 15) is 0 Å². The summed E-state index contributed by atoms with van der Waals surface area (Å²) in [5.41, 5.74) is 5.94. The van der Waals surface area contributed by atoms with E-state index in [0.29, 0.717) is 0 Å². The van der Waals surface area contributed by atoms with E-state index in [1.54, 1.807) is 0 Å². The molecule has 0 bridgehead atoms. The van der Waals surface area contributed by atoms with Crippen molar-refractivity contribution in [1.82, 2.24) is 0 Å². The van der Waals surface area contributed by atoms with Gasteiger partial charge in [-0.25, -0.2) is 0 Å². The predicted octanol–water partition coefficient (Wildman–Crippen LogP) is 8.43. The number of aryl methyl sites for hydroxylation is 1. The van der Waals surface area contributed by atoms with Crippen LogP contribution < -0.4 is 4.74 Å². The normalized spacial score (nSPS) is 10.6. The second-order valence-corrected chi connectivity index (χ2v) is 8.55. The van der Waals surface area contributed by atoms with Crippen molar-refractivity contribution in [2.45, 2.75) is 46.0 Å². The summed E-state index contributed by atoms with van der Waals surface area (Å²) in [4.78, 5) is 0. The monoisotopic (exact) mass is 432 g/mol. The van der Waals surface area contributed by atoms with Crippen LogP contribution in [0.25, 0.3) is 21.9 Å². The lowest BCUT2D eigenvalue weighted by molar-refractivity contribution is 0.310. The Hall–Kier alpha value is -3.50. The maximum atomic E-state index is 5.82. The van der Waals surface area contributed by atoms with Crippen molar-refractivity contribution in [2.75, 3.05) is 6.61 Å². The molecule has 4 aromatic carbocycles. The number of ether oxygens (including phenoxy) is 1. The molecular weight excluding hydrogens is 400 g/mol. The van der Waals surface area contributed by atoms with Crippen LogP contribution in [0.1, 0.15) is 56.2 Å². The van der Waals surface area contributed by atoms with Gasteiger partial charge >= 0.3 is 0 Å². The van der Waals surface area contributed by atoms with Crippen LogP contribution in [-0.4, -0.2) is 6.61 Å². The number of fused-ring (bicyclic) bond motifs is 1. The maximum Gasteiger partial charge on any atom is 0.119 e. The van der Waals surface area contributed by atoms with E-state index in [1.165, 1.54) is 40.3 Å². The van der Waals surface area contributed by atoms with Crippen molar-refractivity contribution in [1.29, 1.82) is 0 Å². The number of rotatable bonds is 8. The maximum absolute atomic E-state index is 5.82. The molecule has 0 spiro atoms. The zero-order valence-electron chi connectivity index (χ0n) is 19.7. The molecule has 0 aliphatic rings. The minimum absolute atomic E-state index is 0.772. The van der Waals surface area contributed by atoms with Gasteiger partial charge in [0.2, 0.25) is 0 Å². The molecule has 0 heterocycles. The molecule has 0 amide bonds. The molecule has 0 aliphatic heterocycles. The van der Waals surface area contributed by atoms with Gasteiger partial charge in [0.05, 0.1) is 6.61 Å². The lowest BCUT2D eigenvalue weighted by Gasteiger charge is -2.06. The molecule has 1 heteroatoms. The van der Waals surface area contributed by atoms with E-state index in [4.69, 9.17) is 4.74 Å². The first-order chi connectivity index (χ1) is 16.2. The fraction of sp³-hybridized carbons (Fsp3) is 0.250. The number of benzene rings is 4. The van der Waals surface area contributed by atoms with Crippen LogP contribution in [0.3, 0.4) is 0 Å². The third-order valence-corrected chi connectivity index (χ3v) is 5.92. The second-order valence-electron chi connectivity index (χ2n) is 8.55. The molecule has 0 aliphatic carbocycles. The molecule has 166 valence electrons. The van der Waals surface area contributed by atoms with Gasteiger partial charge in [-0.3, -0.25) is 0 Å². The quantitative estimate of drug-likeness (QED) is 0.200. The molecule has 33 heavy (non-hydrogen) atoms. The summed E-state index contributed by atoms with van der Waals surface area (Å²) in [5.74, 6) is 7.56. The predicted molar refractivity (Wildman–Crippen MR) is 141 cm³/mol. The van der Waals surface area contributed by atoms with Crippen molar-refractivity contribution in [3.05, 3.63) is 102 Å². The van der Waals surface area contributed by atoms with Gasteiger partial charge in [0.25, 0.3) is 0 Å². The van der Waals surface area contributed by atoms with Crippen LogP contribution in [0.4, 0.5) is 0 Å². The Morgan fingerprint density at radius 2 is 1.21 bits per heavy atom. The van der Waals surface area contributed by atoms with E-state index in [-0.39, 0.29) is 0 Å². The second kappa shape index (κ2) is 11.4. The first-order valence-electron chi connectivity index (χ1n) is 12.1. The standard InChI is InChI=1S/C32H32O/c1-3-5-7-25-10-15-28(16-11-25)29-17-12-26(13-18-29)8-9-27-14-19-31-24-32(33-22-6-4-2)21-20-30(31)23-27/h10-21,23-24H,3-7,22H2,1-2H3. The summed E-state index contributed by atoms with van der Waals surface area (Å²) in [6, 6.07) is 30.1. The Bertz CT molecular complexity index is 1240. The van der Waals surface area contributed by atoms with Crippen molar-refractivity contribution in [2.24, 2.45) is 0 Å². The minimum atomic E-state index is 0.772. The highest BCUT2D eigenvalue weighted by molar-refractivity contribution is 5.85. The van der Waals surface area contributed by atoms with Gasteiger partial charge < -0.3 is 4.74 Å². The molecule has 4 aromatic rings. The van der Waals surface area contributed by atoms with E-state index in [2.05, 4.69) is 105 Å². The van der Waals surface area contributed by atoms with Gasteiger partial charge in [0.1, 0.15) is 5.75 Å². The van der Waals surface area contributed by atoms with Crippen LogP contribution in [-0.2, 0) is 6.42 Å². The fourth-order valence-corrected chi connectivity index (χ4v) is 3.86. The molecule has 0 radical (unpaired) electrons. The summed E-state index contributed by atoms with van der Waals surface area (Å²) in [6.07, 6.45) is 5.87. The van der Waals surface area contributed by atoms with Crippen molar-refractivity contribution >= 4 is 10.8 Å². The smallest absolute Gasteiger partial charge is 0.119 e. The summed E-state index contributed by atoms with van der Waals surface area (Å²) in [6.45, 7) is 5.18. The van der Waals surface area contributed by atoms with E-state index >= 15 is 0 Å². The van der Waals surface area contributed by atoms with Crippen LogP contribution in [0.15, 0.2) is 84.9 Å². The van der Waals surface area contributed by atoms with E-state index < -0.39 is 0 Å². The van der Waals surface area contributed by atoms with Gasteiger partial charge in [-0.15, -0.1) is 0 Å². The van der Waals surface area contributed by atoms with Gasteiger partial charge in [0, 0.05) is 11.1 Å². The van der Waals surface area contributed by atoms with Crippen LogP contribution >= 0.6 is 0 Å². The molecule has 0 fully saturated rings. The highest BCUT2D eigenvalue weighted by atomic mass is 16.5. The minimum Gasteiger partial charge on any atom is -0.494 e. The SMILES string of the molecule is CCCCOc1ccc2cc(C#Cc3ccc(-c4ccc(CCCC)cc4)cc3)ccc2c1. The Kier molecular flexibility index (Phi) is 7.83. The Labute approximate surface area is 198 Å². The highest BCUT2D eigenvalue weighted by Gasteiger charge is 2.00. The topological polar surface area (TPSA) is 9.23 Å². The number of hydrogen-bond acceptors (Lipinski definition) is 1. The summed E-state index contributed by atoms with van der Waals surface area (Å²) in [5, 5.41) is 2.36. The summed E-state index contributed by atoms with van der Waals surface area (Å²) in [7, 11) is 0. The lowest BCUT2D eigenvalue weighted by atomic mass is 10.0. The lowest BCUT2D eigenvalue weighted by Crippen LogP contribution is -1.96. The van der Waals surface area contributed by atoms with Gasteiger partial charge in [0.15, 0.2) is 0 Å². The first kappa shape index (κ1) is 22.7. The van der Waals surface area contributed by atoms with Gasteiger partial charge in [-0.05, 0) is 83.1 Å². The summed E-state index contributed by atoms with van der Waals surface area (Å²) < 4.78 is 5.82. The average Bonchev–Trinajstić information content (AvgIpc) is 2.87. The average molecular weight is 433 g/mol. The Morgan fingerprint density at radius 1 is 0.606 bits per heavy atom. The van der Waals surface area contributed by atoms with E-state index in [1.807, 2.05) is 6.07 Å². The van der Waals surface area contributed by atoms with Crippen LogP contribution in [0.2, 0.25) is 0 Å². The van der Waals surface area contributed by atoms with Crippen molar-refractivity contribution < 1.29 is 4.74 Å². The summed E-state index contributed by atoms with van der Waals surface area (Å²) >= 11 is 0. The molecule has 4 rings (SSSR count). The van der Waals surface area contributed by atoms with E-state index in [0.717, 1.165) is 42.7 Å². The zero-order valence-corrected chi connectivity index (χ0v) is 19.7. The fourth-order valence-electron chi connectivity index (χ4n) is 3.86. The Morgan fingerprint density at radius 3 is 1.94 bits per heavy atom. The number of unbranched alkanes of at least 4 members (excludes halogenated alkanes) is 2. The zero-order chi connectivity index (χ0) is 22.9. The molecule has 1 nitrogen and oxygen atoms in total. The van der Waals surface area contributed by atoms with Crippen LogP contribution in [0, 0.1) is 11.8 Å². The molecule has 0 saturated heterocycles. The molecule has 0 atom stereocenters. The third-order valence-electron chi connectivity index (χ3n) is 5.92.